The van der Waals surface area contributed by atoms with E-state index < -0.39 is 0 Å². The summed E-state index contributed by atoms with van der Waals surface area (Å²) >= 11 is 0. The molecule has 4 heteroatoms. The van der Waals surface area contributed by atoms with Crippen LogP contribution in [-0.4, -0.2) is 24.0 Å². The van der Waals surface area contributed by atoms with Gasteiger partial charge in [-0.3, -0.25) is 4.79 Å². The van der Waals surface area contributed by atoms with Crippen LogP contribution in [0.3, 0.4) is 0 Å². The third-order valence-electron chi connectivity index (χ3n) is 1.95. The van der Waals surface area contributed by atoms with Gasteiger partial charge in [0.25, 0.3) is 0 Å². The summed E-state index contributed by atoms with van der Waals surface area (Å²) in [5.74, 6) is 0.161. The number of carbonyl (C=O) groups excluding carboxylic acids is 1. The van der Waals surface area contributed by atoms with Gasteiger partial charge in [0.15, 0.2) is 5.78 Å². The molecule has 0 heterocycles. The van der Waals surface area contributed by atoms with Crippen molar-refractivity contribution in [3.63, 3.8) is 0 Å². The molecule has 4 nitrogen and oxygen atoms in total. The van der Waals surface area contributed by atoms with Crippen LogP contribution in [0.2, 0.25) is 0 Å². The summed E-state index contributed by atoms with van der Waals surface area (Å²) in [5, 5.41) is 9.57. The molecule has 0 saturated carbocycles. The number of phenols is 1. The quantitative estimate of drug-likeness (QED) is 0.717. The SMILES string of the molecule is CCOc1cccc(O)c1C(=O)CCN. The zero-order valence-electron chi connectivity index (χ0n) is 8.69. The molecule has 0 atom stereocenters. The summed E-state index contributed by atoms with van der Waals surface area (Å²) in [6.45, 7) is 2.53. The second kappa shape index (κ2) is 5.36. The molecule has 15 heavy (non-hydrogen) atoms. The van der Waals surface area contributed by atoms with Crippen molar-refractivity contribution < 1.29 is 14.6 Å². The van der Waals surface area contributed by atoms with Crippen molar-refractivity contribution in [1.82, 2.24) is 0 Å². The lowest BCUT2D eigenvalue weighted by Gasteiger charge is -2.10. The maximum Gasteiger partial charge on any atom is 0.171 e. The lowest BCUT2D eigenvalue weighted by molar-refractivity contribution is 0.0979. The molecular formula is C11H15NO3. The van der Waals surface area contributed by atoms with Crippen LogP contribution >= 0.6 is 0 Å². The van der Waals surface area contributed by atoms with E-state index in [2.05, 4.69) is 0 Å². The van der Waals surface area contributed by atoms with Crippen LogP contribution in [0.5, 0.6) is 11.5 Å². The maximum absolute atomic E-state index is 11.6. The van der Waals surface area contributed by atoms with Crippen LogP contribution in [0.25, 0.3) is 0 Å². The Balaban J connectivity index is 3.06. The first-order valence-electron chi connectivity index (χ1n) is 4.88. The minimum Gasteiger partial charge on any atom is -0.507 e. The predicted octanol–water partition coefficient (Wildman–Crippen LogP) is 1.32. The number of aromatic hydroxyl groups is 1. The molecule has 3 N–H and O–H groups in total. The van der Waals surface area contributed by atoms with E-state index in [4.69, 9.17) is 10.5 Å². The Morgan fingerprint density at radius 1 is 1.53 bits per heavy atom. The molecular weight excluding hydrogens is 194 g/mol. The zero-order valence-corrected chi connectivity index (χ0v) is 8.69. The molecule has 0 amide bonds. The fraction of sp³-hybridized carbons (Fsp3) is 0.364. The standard InChI is InChI=1S/C11H15NO3/c1-2-15-10-5-3-4-8(13)11(10)9(14)6-7-12/h3-5,13H,2,6-7,12H2,1H3. The van der Waals surface area contributed by atoms with Gasteiger partial charge in [0.05, 0.1) is 6.61 Å². The fourth-order valence-corrected chi connectivity index (χ4v) is 1.33. The topological polar surface area (TPSA) is 72.5 Å². The van der Waals surface area contributed by atoms with Gasteiger partial charge in [-0.05, 0) is 25.6 Å². The number of ether oxygens (including phenoxy) is 1. The minimum atomic E-state index is -0.195. The highest BCUT2D eigenvalue weighted by atomic mass is 16.5. The Hall–Kier alpha value is -1.55. The molecule has 1 aromatic rings. The monoisotopic (exact) mass is 209 g/mol. The second-order valence-electron chi connectivity index (χ2n) is 3.05. The van der Waals surface area contributed by atoms with Crippen LogP contribution in [0.4, 0.5) is 0 Å². The summed E-state index contributed by atoms with van der Waals surface area (Å²) in [6.07, 6.45) is 0.206. The van der Waals surface area contributed by atoms with Gasteiger partial charge >= 0.3 is 0 Å². The number of benzene rings is 1. The van der Waals surface area contributed by atoms with Crippen LogP contribution in [-0.2, 0) is 0 Å². The number of rotatable bonds is 5. The van der Waals surface area contributed by atoms with Crippen molar-refractivity contribution in [3.8, 4) is 11.5 Å². The van der Waals surface area contributed by atoms with Crippen molar-refractivity contribution >= 4 is 5.78 Å². The van der Waals surface area contributed by atoms with E-state index in [9.17, 15) is 9.90 Å². The molecule has 0 aliphatic rings. The smallest absolute Gasteiger partial charge is 0.171 e. The van der Waals surface area contributed by atoms with E-state index in [-0.39, 0.29) is 30.1 Å². The first-order chi connectivity index (χ1) is 7.20. The van der Waals surface area contributed by atoms with Gasteiger partial charge in [0.1, 0.15) is 17.1 Å². The van der Waals surface area contributed by atoms with Crippen LogP contribution in [0.15, 0.2) is 18.2 Å². The normalized spacial score (nSPS) is 10.0. The van der Waals surface area contributed by atoms with Gasteiger partial charge in [-0.25, -0.2) is 0 Å². The van der Waals surface area contributed by atoms with Gasteiger partial charge in [-0.1, -0.05) is 6.07 Å². The van der Waals surface area contributed by atoms with Crippen molar-refractivity contribution in [1.29, 1.82) is 0 Å². The summed E-state index contributed by atoms with van der Waals surface area (Å²) in [4.78, 5) is 11.6. The van der Waals surface area contributed by atoms with Crippen molar-refractivity contribution in [3.05, 3.63) is 23.8 Å². The highest BCUT2D eigenvalue weighted by Crippen LogP contribution is 2.28. The average molecular weight is 209 g/mol. The Kier molecular flexibility index (Phi) is 4.12. The van der Waals surface area contributed by atoms with E-state index in [1.165, 1.54) is 6.07 Å². The van der Waals surface area contributed by atoms with E-state index in [1.807, 2.05) is 6.92 Å². The summed E-state index contributed by atoms with van der Waals surface area (Å²) in [6, 6.07) is 4.76. The van der Waals surface area contributed by atoms with Gasteiger partial charge in [0.2, 0.25) is 0 Å². The minimum absolute atomic E-state index is 0.0561. The third kappa shape index (κ3) is 2.70. The summed E-state index contributed by atoms with van der Waals surface area (Å²) in [7, 11) is 0. The predicted molar refractivity (Wildman–Crippen MR) is 57.3 cm³/mol. The first kappa shape index (κ1) is 11.5. The van der Waals surface area contributed by atoms with Crippen LogP contribution in [0.1, 0.15) is 23.7 Å². The fourth-order valence-electron chi connectivity index (χ4n) is 1.33. The molecule has 0 saturated heterocycles. The molecule has 0 fully saturated rings. The van der Waals surface area contributed by atoms with Crippen LogP contribution in [0, 0.1) is 0 Å². The molecule has 1 aromatic carbocycles. The summed E-state index contributed by atoms with van der Waals surface area (Å²) < 4.78 is 5.26. The van der Waals surface area contributed by atoms with Crippen LogP contribution < -0.4 is 10.5 Å². The molecule has 0 aromatic heterocycles. The molecule has 1 rings (SSSR count). The number of phenolic OH excluding ortho intramolecular Hbond substituents is 1. The number of Topliss-reactive ketones (excluding diaryl/α,β-unsaturated/α-hetero) is 1. The molecule has 0 aliphatic carbocycles. The third-order valence-corrected chi connectivity index (χ3v) is 1.95. The van der Waals surface area contributed by atoms with E-state index in [1.54, 1.807) is 12.1 Å². The average Bonchev–Trinajstić information content (AvgIpc) is 2.18. The number of hydrogen-bond acceptors (Lipinski definition) is 4. The molecule has 0 aliphatic heterocycles. The molecule has 0 radical (unpaired) electrons. The van der Waals surface area contributed by atoms with E-state index in [0.717, 1.165) is 0 Å². The first-order valence-corrected chi connectivity index (χ1v) is 4.88. The Morgan fingerprint density at radius 2 is 2.27 bits per heavy atom. The highest BCUT2D eigenvalue weighted by Gasteiger charge is 2.16. The van der Waals surface area contributed by atoms with Crippen molar-refractivity contribution in [2.75, 3.05) is 13.2 Å². The molecule has 0 spiro atoms. The van der Waals surface area contributed by atoms with Crippen molar-refractivity contribution in [2.45, 2.75) is 13.3 Å². The van der Waals surface area contributed by atoms with Gasteiger partial charge in [0, 0.05) is 6.42 Å². The lowest BCUT2D eigenvalue weighted by Crippen LogP contribution is -2.10. The highest BCUT2D eigenvalue weighted by molar-refractivity contribution is 6.01. The van der Waals surface area contributed by atoms with Crippen molar-refractivity contribution in [2.24, 2.45) is 5.73 Å². The van der Waals surface area contributed by atoms with Gasteiger partial charge in [-0.15, -0.1) is 0 Å². The van der Waals surface area contributed by atoms with E-state index in [0.29, 0.717) is 12.4 Å². The number of nitrogens with two attached hydrogens (primary N) is 1. The van der Waals surface area contributed by atoms with Gasteiger partial charge < -0.3 is 15.6 Å². The van der Waals surface area contributed by atoms with E-state index >= 15 is 0 Å². The van der Waals surface area contributed by atoms with Gasteiger partial charge in [-0.2, -0.15) is 0 Å². The maximum atomic E-state index is 11.6. The molecule has 0 bridgehead atoms. The Bertz CT molecular complexity index is 350. The molecule has 0 unspecified atom stereocenters. The number of ketones is 1. The number of carbonyl (C=O) groups is 1. The Morgan fingerprint density at radius 3 is 2.87 bits per heavy atom. The second-order valence-corrected chi connectivity index (χ2v) is 3.05. The lowest BCUT2D eigenvalue weighted by atomic mass is 10.1. The molecule has 82 valence electrons. The Labute approximate surface area is 88.7 Å². The zero-order chi connectivity index (χ0) is 11.3. The number of hydrogen-bond donors (Lipinski definition) is 2. The summed E-state index contributed by atoms with van der Waals surface area (Å²) in [5.41, 5.74) is 5.52. The largest absolute Gasteiger partial charge is 0.507 e.